The number of hydrogen-bond donors (Lipinski definition) is 1. The molecule has 16 heavy (non-hydrogen) atoms. The number of aliphatic hydroxyl groups excluding tert-OH is 1. The van der Waals surface area contributed by atoms with Gasteiger partial charge in [-0.1, -0.05) is 12.1 Å². The Kier molecular flexibility index (Phi) is 3.64. The molecule has 0 saturated carbocycles. The Morgan fingerprint density at radius 2 is 2.12 bits per heavy atom. The van der Waals surface area contributed by atoms with E-state index in [2.05, 4.69) is 0 Å². The van der Waals surface area contributed by atoms with Crippen LogP contribution in [-0.4, -0.2) is 43.4 Å². The summed E-state index contributed by atoms with van der Waals surface area (Å²) in [7, 11) is 1.97. The molecule has 0 bridgehead atoms. The average Bonchev–Trinajstić information content (AvgIpc) is 2.30. The molecule has 0 aromatic heterocycles. The lowest BCUT2D eigenvalue weighted by Crippen LogP contribution is -2.23. The quantitative estimate of drug-likeness (QED) is 0.823. The van der Waals surface area contributed by atoms with Crippen molar-refractivity contribution in [2.24, 2.45) is 0 Å². The molecule has 0 amide bonds. The second-order valence-corrected chi connectivity index (χ2v) is 3.90. The zero-order valence-corrected chi connectivity index (χ0v) is 9.48. The summed E-state index contributed by atoms with van der Waals surface area (Å²) in [6, 6.07) is 5.92. The number of fused-ring (bicyclic) bond motifs is 1. The summed E-state index contributed by atoms with van der Waals surface area (Å²) in [4.78, 5) is 2.05. The number of benzene rings is 1. The summed E-state index contributed by atoms with van der Waals surface area (Å²) in [5, 5.41) is 8.86. The van der Waals surface area contributed by atoms with Crippen molar-refractivity contribution >= 4 is 0 Å². The summed E-state index contributed by atoms with van der Waals surface area (Å²) < 4.78 is 11.1. The Morgan fingerprint density at radius 1 is 1.31 bits per heavy atom. The van der Waals surface area contributed by atoms with Gasteiger partial charge in [-0.15, -0.1) is 0 Å². The first-order valence-electron chi connectivity index (χ1n) is 5.48. The van der Waals surface area contributed by atoms with Crippen molar-refractivity contribution in [3.05, 3.63) is 23.8 Å². The molecular formula is C12H17NO3. The van der Waals surface area contributed by atoms with Crippen molar-refractivity contribution < 1.29 is 14.6 Å². The molecule has 1 aromatic rings. The highest BCUT2D eigenvalue weighted by atomic mass is 16.6. The maximum Gasteiger partial charge on any atom is 0.165 e. The summed E-state index contributed by atoms with van der Waals surface area (Å²) in [6.45, 7) is 2.80. The van der Waals surface area contributed by atoms with E-state index in [1.807, 2.05) is 30.1 Å². The summed E-state index contributed by atoms with van der Waals surface area (Å²) in [6.07, 6.45) is 0. The van der Waals surface area contributed by atoms with E-state index in [4.69, 9.17) is 14.6 Å². The monoisotopic (exact) mass is 223 g/mol. The molecule has 0 fully saturated rings. The van der Waals surface area contributed by atoms with Gasteiger partial charge in [0.25, 0.3) is 0 Å². The second-order valence-electron chi connectivity index (χ2n) is 3.90. The minimum absolute atomic E-state index is 0.170. The number of hydrogen-bond acceptors (Lipinski definition) is 4. The lowest BCUT2D eigenvalue weighted by molar-refractivity contribution is 0.166. The molecule has 0 saturated heterocycles. The third-order valence-corrected chi connectivity index (χ3v) is 2.57. The molecule has 2 rings (SSSR count). The van der Waals surface area contributed by atoms with Crippen molar-refractivity contribution in [2.45, 2.75) is 6.54 Å². The lowest BCUT2D eigenvalue weighted by Gasteiger charge is -2.23. The van der Waals surface area contributed by atoms with Crippen LogP contribution in [-0.2, 0) is 6.54 Å². The van der Waals surface area contributed by atoms with E-state index in [0.29, 0.717) is 19.8 Å². The van der Waals surface area contributed by atoms with Gasteiger partial charge in [0.2, 0.25) is 0 Å². The van der Waals surface area contributed by atoms with Gasteiger partial charge in [0.15, 0.2) is 11.5 Å². The molecule has 4 nitrogen and oxygen atoms in total. The number of rotatable bonds is 4. The number of aliphatic hydroxyl groups is 1. The molecule has 0 spiro atoms. The molecule has 1 N–H and O–H groups in total. The third-order valence-electron chi connectivity index (χ3n) is 2.57. The molecule has 1 aliphatic rings. The van der Waals surface area contributed by atoms with Crippen LogP contribution < -0.4 is 9.47 Å². The van der Waals surface area contributed by atoms with Gasteiger partial charge in [-0.2, -0.15) is 0 Å². The molecule has 1 aromatic carbocycles. The maximum atomic E-state index is 8.86. The summed E-state index contributed by atoms with van der Waals surface area (Å²) in [5.41, 5.74) is 1.10. The minimum atomic E-state index is 0.170. The molecule has 4 heteroatoms. The fourth-order valence-electron chi connectivity index (χ4n) is 1.80. The molecule has 1 aliphatic heterocycles. The topological polar surface area (TPSA) is 41.9 Å². The zero-order chi connectivity index (χ0) is 11.4. The predicted octanol–water partition coefficient (Wildman–Crippen LogP) is 0.882. The van der Waals surface area contributed by atoms with Crippen LogP contribution in [0.3, 0.4) is 0 Å². The standard InChI is InChI=1S/C12H17NO3/c1-13(5-6-14)9-10-3-2-4-11-12(10)16-8-7-15-11/h2-4,14H,5-9H2,1H3. The van der Waals surface area contributed by atoms with Crippen LogP contribution in [0, 0.1) is 0 Å². The molecule has 0 atom stereocenters. The Labute approximate surface area is 95.4 Å². The fourth-order valence-corrected chi connectivity index (χ4v) is 1.80. The van der Waals surface area contributed by atoms with Gasteiger partial charge in [-0.25, -0.2) is 0 Å². The van der Waals surface area contributed by atoms with E-state index in [-0.39, 0.29) is 6.61 Å². The molecule has 1 heterocycles. The molecule has 88 valence electrons. The molecule has 0 radical (unpaired) electrons. The first-order chi connectivity index (χ1) is 7.81. The van der Waals surface area contributed by atoms with Crippen LogP contribution in [0.1, 0.15) is 5.56 Å². The van der Waals surface area contributed by atoms with Crippen molar-refractivity contribution in [3.63, 3.8) is 0 Å². The SMILES string of the molecule is CN(CCO)Cc1cccc2c1OCCO2. The molecular weight excluding hydrogens is 206 g/mol. The summed E-state index contributed by atoms with van der Waals surface area (Å²) >= 11 is 0. The van der Waals surface area contributed by atoms with E-state index in [0.717, 1.165) is 23.6 Å². The first kappa shape index (κ1) is 11.2. The summed E-state index contributed by atoms with van der Waals surface area (Å²) in [5.74, 6) is 1.67. The van der Waals surface area contributed by atoms with Gasteiger partial charge in [0.1, 0.15) is 13.2 Å². The van der Waals surface area contributed by atoms with E-state index in [9.17, 15) is 0 Å². The van der Waals surface area contributed by atoms with Gasteiger partial charge in [-0.05, 0) is 13.1 Å². The smallest absolute Gasteiger partial charge is 0.165 e. The van der Waals surface area contributed by atoms with E-state index >= 15 is 0 Å². The van der Waals surface area contributed by atoms with E-state index in [1.54, 1.807) is 0 Å². The van der Waals surface area contributed by atoms with Crippen LogP contribution in [0.2, 0.25) is 0 Å². The van der Waals surface area contributed by atoms with E-state index < -0.39 is 0 Å². The van der Waals surface area contributed by atoms with Crippen LogP contribution in [0.4, 0.5) is 0 Å². The van der Waals surface area contributed by atoms with Crippen LogP contribution in [0.25, 0.3) is 0 Å². The third kappa shape index (κ3) is 2.46. The van der Waals surface area contributed by atoms with Gasteiger partial charge >= 0.3 is 0 Å². The minimum Gasteiger partial charge on any atom is -0.486 e. The van der Waals surface area contributed by atoms with Crippen molar-refractivity contribution in [2.75, 3.05) is 33.4 Å². The highest BCUT2D eigenvalue weighted by molar-refractivity contribution is 5.47. The fraction of sp³-hybridized carbons (Fsp3) is 0.500. The Balaban J connectivity index is 2.14. The van der Waals surface area contributed by atoms with Crippen LogP contribution in [0.5, 0.6) is 11.5 Å². The second kappa shape index (κ2) is 5.18. The molecule has 0 unspecified atom stereocenters. The highest BCUT2D eigenvalue weighted by Gasteiger charge is 2.16. The van der Waals surface area contributed by atoms with Crippen LogP contribution >= 0.6 is 0 Å². The normalized spacial score (nSPS) is 14.2. The number of nitrogens with zero attached hydrogens (tertiary/aromatic N) is 1. The largest absolute Gasteiger partial charge is 0.486 e. The van der Waals surface area contributed by atoms with E-state index in [1.165, 1.54) is 0 Å². The first-order valence-corrected chi connectivity index (χ1v) is 5.48. The average molecular weight is 223 g/mol. The van der Waals surface area contributed by atoms with Crippen molar-refractivity contribution in [3.8, 4) is 11.5 Å². The number of ether oxygens (including phenoxy) is 2. The molecule has 0 aliphatic carbocycles. The highest BCUT2D eigenvalue weighted by Crippen LogP contribution is 2.33. The zero-order valence-electron chi connectivity index (χ0n) is 9.48. The Bertz CT molecular complexity index is 354. The predicted molar refractivity (Wildman–Crippen MR) is 60.9 cm³/mol. The maximum absolute atomic E-state index is 8.86. The van der Waals surface area contributed by atoms with Gasteiger partial charge in [0.05, 0.1) is 6.61 Å². The van der Waals surface area contributed by atoms with Gasteiger partial charge < -0.3 is 14.6 Å². The number of likely N-dealkylation sites (N-methyl/N-ethyl adjacent to an activating group) is 1. The van der Waals surface area contributed by atoms with Crippen molar-refractivity contribution in [1.29, 1.82) is 0 Å². The van der Waals surface area contributed by atoms with Crippen molar-refractivity contribution in [1.82, 2.24) is 4.90 Å². The number of para-hydroxylation sites is 1. The van der Waals surface area contributed by atoms with Crippen LogP contribution in [0.15, 0.2) is 18.2 Å². The van der Waals surface area contributed by atoms with Gasteiger partial charge in [0, 0.05) is 18.7 Å². The Morgan fingerprint density at radius 3 is 2.94 bits per heavy atom. The lowest BCUT2D eigenvalue weighted by atomic mass is 10.1. The Hall–Kier alpha value is -1.26. The van der Waals surface area contributed by atoms with Gasteiger partial charge in [-0.3, -0.25) is 4.90 Å².